The minimum atomic E-state index is 0.915. The third kappa shape index (κ3) is 2.55. The van der Waals surface area contributed by atoms with Crippen LogP contribution in [0.5, 0.6) is 0 Å². The van der Waals surface area contributed by atoms with Crippen LogP contribution in [0.3, 0.4) is 0 Å². The summed E-state index contributed by atoms with van der Waals surface area (Å²) >= 11 is 0. The van der Waals surface area contributed by atoms with Crippen molar-refractivity contribution in [2.45, 2.75) is 40.7 Å². The van der Waals surface area contributed by atoms with E-state index in [9.17, 15) is 0 Å². The standard InChI is InChI=1S/C15H21N3/c1-5-13-7-8-14(9-11(13)3)17-15-16-12(4)10-18(15)6-2/h7-10H,5-6H2,1-4H3,(H,16,17). The summed E-state index contributed by atoms with van der Waals surface area (Å²) in [5.74, 6) is 0.915. The fourth-order valence-electron chi connectivity index (χ4n) is 2.19. The van der Waals surface area contributed by atoms with Crippen molar-refractivity contribution in [3.05, 3.63) is 41.2 Å². The van der Waals surface area contributed by atoms with Crippen LogP contribution in [0.4, 0.5) is 11.6 Å². The molecule has 0 bridgehead atoms. The summed E-state index contributed by atoms with van der Waals surface area (Å²) in [6, 6.07) is 6.49. The largest absolute Gasteiger partial charge is 0.326 e. The number of hydrogen-bond donors (Lipinski definition) is 1. The molecule has 0 fully saturated rings. The molecule has 18 heavy (non-hydrogen) atoms. The molecule has 3 nitrogen and oxygen atoms in total. The van der Waals surface area contributed by atoms with Crippen LogP contribution in [0.2, 0.25) is 0 Å². The number of nitrogens with zero attached hydrogens (tertiary/aromatic N) is 2. The highest BCUT2D eigenvalue weighted by atomic mass is 15.2. The molecule has 0 radical (unpaired) electrons. The molecule has 96 valence electrons. The summed E-state index contributed by atoms with van der Waals surface area (Å²) in [6.07, 6.45) is 3.14. The molecule has 0 atom stereocenters. The van der Waals surface area contributed by atoms with Crippen molar-refractivity contribution in [3.63, 3.8) is 0 Å². The van der Waals surface area contributed by atoms with E-state index in [1.165, 1.54) is 11.1 Å². The number of imidazole rings is 1. The van der Waals surface area contributed by atoms with Crippen LogP contribution in [0.1, 0.15) is 30.7 Å². The summed E-state index contributed by atoms with van der Waals surface area (Å²) in [6.45, 7) is 9.40. The van der Waals surface area contributed by atoms with Gasteiger partial charge in [-0.25, -0.2) is 4.98 Å². The molecule has 1 heterocycles. The molecule has 0 aliphatic carbocycles. The number of nitrogens with one attached hydrogen (secondary N) is 1. The third-order valence-electron chi connectivity index (χ3n) is 3.22. The summed E-state index contributed by atoms with van der Waals surface area (Å²) in [5, 5.41) is 3.39. The minimum Gasteiger partial charge on any atom is -0.326 e. The molecule has 0 saturated carbocycles. The molecule has 0 spiro atoms. The minimum absolute atomic E-state index is 0.915. The maximum Gasteiger partial charge on any atom is 0.207 e. The Hall–Kier alpha value is -1.77. The van der Waals surface area contributed by atoms with Gasteiger partial charge in [0.1, 0.15) is 0 Å². The van der Waals surface area contributed by atoms with E-state index in [0.717, 1.165) is 30.3 Å². The average molecular weight is 243 g/mol. The Balaban J connectivity index is 2.25. The molecule has 2 aromatic rings. The van der Waals surface area contributed by atoms with Crippen LogP contribution in [0, 0.1) is 13.8 Å². The highest BCUT2D eigenvalue weighted by Gasteiger charge is 2.05. The van der Waals surface area contributed by atoms with Gasteiger partial charge in [0.15, 0.2) is 0 Å². The van der Waals surface area contributed by atoms with Crippen LogP contribution in [0.25, 0.3) is 0 Å². The highest BCUT2D eigenvalue weighted by molar-refractivity contribution is 5.56. The molecule has 1 N–H and O–H groups in total. The Bertz CT molecular complexity index is 541. The van der Waals surface area contributed by atoms with E-state index in [1.807, 2.05) is 6.92 Å². The third-order valence-corrected chi connectivity index (χ3v) is 3.22. The monoisotopic (exact) mass is 243 g/mol. The van der Waals surface area contributed by atoms with Crippen molar-refractivity contribution in [2.75, 3.05) is 5.32 Å². The fourth-order valence-corrected chi connectivity index (χ4v) is 2.19. The van der Waals surface area contributed by atoms with Crippen LogP contribution in [-0.4, -0.2) is 9.55 Å². The lowest BCUT2D eigenvalue weighted by Crippen LogP contribution is -2.01. The quantitative estimate of drug-likeness (QED) is 0.884. The number of aromatic nitrogens is 2. The van der Waals surface area contributed by atoms with Gasteiger partial charge >= 0.3 is 0 Å². The lowest BCUT2D eigenvalue weighted by atomic mass is 10.1. The van der Waals surface area contributed by atoms with E-state index in [4.69, 9.17) is 0 Å². The lowest BCUT2D eigenvalue weighted by Gasteiger charge is -2.10. The first-order chi connectivity index (χ1) is 8.63. The second-order valence-corrected chi connectivity index (χ2v) is 4.61. The number of hydrogen-bond acceptors (Lipinski definition) is 2. The zero-order chi connectivity index (χ0) is 13.1. The zero-order valence-corrected chi connectivity index (χ0v) is 11.6. The van der Waals surface area contributed by atoms with Crippen molar-refractivity contribution in [2.24, 2.45) is 0 Å². The Labute approximate surface area is 109 Å². The van der Waals surface area contributed by atoms with Gasteiger partial charge < -0.3 is 9.88 Å². The number of rotatable bonds is 4. The van der Waals surface area contributed by atoms with Gasteiger partial charge in [-0.3, -0.25) is 0 Å². The van der Waals surface area contributed by atoms with E-state index in [1.54, 1.807) is 0 Å². The van der Waals surface area contributed by atoms with Gasteiger partial charge in [-0.15, -0.1) is 0 Å². The van der Waals surface area contributed by atoms with Gasteiger partial charge in [-0.2, -0.15) is 0 Å². The van der Waals surface area contributed by atoms with Crippen molar-refractivity contribution < 1.29 is 0 Å². The molecule has 3 heteroatoms. The normalized spacial score (nSPS) is 10.7. The van der Waals surface area contributed by atoms with Gasteiger partial charge in [0.25, 0.3) is 0 Å². The predicted molar refractivity (Wildman–Crippen MR) is 76.5 cm³/mol. The zero-order valence-electron chi connectivity index (χ0n) is 11.6. The SMILES string of the molecule is CCc1ccc(Nc2nc(C)cn2CC)cc1C. The van der Waals surface area contributed by atoms with E-state index < -0.39 is 0 Å². The summed E-state index contributed by atoms with van der Waals surface area (Å²) in [5.41, 5.74) is 4.87. The topological polar surface area (TPSA) is 29.9 Å². The maximum atomic E-state index is 4.50. The molecular formula is C15H21N3. The van der Waals surface area contributed by atoms with E-state index in [-0.39, 0.29) is 0 Å². The Morgan fingerprint density at radius 3 is 2.61 bits per heavy atom. The molecule has 0 aliphatic rings. The number of benzene rings is 1. The molecular weight excluding hydrogens is 222 g/mol. The maximum absolute atomic E-state index is 4.50. The van der Waals surface area contributed by atoms with Crippen molar-refractivity contribution in [1.82, 2.24) is 9.55 Å². The first kappa shape index (κ1) is 12.7. The van der Waals surface area contributed by atoms with Crippen LogP contribution < -0.4 is 5.32 Å². The summed E-state index contributed by atoms with van der Waals surface area (Å²) in [4.78, 5) is 4.50. The lowest BCUT2D eigenvalue weighted by molar-refractivity contribution is 0.771. The fraction of sp³-hybridized carbons (Fsp3) is 0.400. The Morgan fingerprint density at radius 2 is 2.00 bits per heavy atom. The van der Waals surface area contributed by atoms with Crippen LogP contribution in [0.15, 0.2) is 24.4 Å². The highest BCUT2D eigenvalue weighted by Crippen LogP contribution is 2.20. The Kier molecular flexibility index (Phi) is 3.70. The van der Waals surface area contributed by atoms with E-state index in [0.29, 0.717) is 0 Å². The number of anilines is 2. The second kappa shape index (κ2) is 5.25. The molecule has 2 rings (SSSR count). The van der Waals surface area contributed by atoms with Crippen molar-refractivity contribution in [1.29, 1.82) is 0 Å². The Morgan fingerprint density at radius 1 is 1.22 bits per heavy atom. The molecule has 0 saturated heterocycles. The van der Waals surface area contributed by atoms with Crippen molar-refractivity contribution in [3.8, 4) is 0 Å². The van der Waals surface area contributed by atoms with Gasteiger partial charge in [-0.05, 0) is 50.5 Å². The second-order valence-electron chi connectivity index (χ2n) is 4.61. The summed E-state index contributed by atoms with van der Waals surface area (Å²) < 4.78 is 2.12. The van der Waals surface area contributed by atoms with Gasteiger partial charge in [-0.1, -0.05) is 13.0 Å². The molecule has 1 aromatic heterocycles. The van der Waals surface area contributed by atoms with E-state index >= 15 is 0 Å². The molecule has 0 unspecified atom stereocenters. The molecule has 0 aliphatic heterocycles. The first-order valence-electron chi connectivity index (χ1n) is 6.54. The van der Waals surface area contributed by atoms with Crippen LogP contribution in [-0.2, 0) is 13.0 Å². The predicted octanol–water partition coefficient (Wildman–Crippen LogP) is 3.83. The van der Waals surface area contributed by atoms with Gasteiger partial charge in [0.2, 0.25) is 5.95 Å². The van der Waals surface area contributed by atoms with E-state index in [2.05, 4.69) is 60.0 Å². The van der Waals surface area contributed by atoms with Gasteiger partial charge in [0, 0.05) is 18.4 Å². The molecule has 1 aromatic carbocycles. The number of aryl methyl sites for hydroxylation is 4. The molecule has 0 amide bonds. The smallest absolute Gasteiger partial charge is 0.207 e. The van der Waals surface area contributed by atoms with Crippen LogP contribution >= 0.6 is 0 Å². The van der Waals surface area contributed by atoms with Crippen molar-refractivity contribution >= 4 is 11.6 Å². The summed E-state index contributed by atoms with van der Waals surface area (Å²) in [7, 11) is 0. The van der Waals surface area contributed by atoms with Gasteiger partial charge in [0.05, 0.1) is 5.69 Å². The average Bonchev–Trinajstić information content (AvgIpc) is 2.70. The first-order valence-corrected chi connectivity index (χ1v) is 6.54.